The molecule has 7 heteroatoms. The molecule has 1 aliphatic carbocycles. The number of hydrogen-bond donors (Lipinski definition) is 2. The van der Waals surface area contributed by atoms with Crippen molar-refractivity contribution in [1.82, 2.24) is 10.3 Å². The highest BCUT2D eigenvalue weighted by Gasteiger charge is 2.25. The maximum absolute atomic E-state index is 12.2. The molecule has 1 fully saturated rings. The van der Waals surface area contributed by atoms with Gasteiger partial charge in [-0.05, 0) is 31.9 Å². The number of aromatic nitrogens is 1. The molecule has 120 valence electrons. The zero-order valence-corrected chi connectivity index (χ0v) is 14.3. The smallest absolute Gasteiger partial charge is 0.253 e. The van der Waals surface area contributed by atoms with Gasteiger partial charge in [-0.3, -0.25) is 9.59 Å². The van der Waals surface area contributed by atoms with Crippen LogP contribution in [-0.2, 0) is 4.79 Å². The SMILES string of the molecule is Cc1csc(SCC(=O)Nc2ccccc2C(=O)NC2CC2)n1. The van der Waals surface area contributed by atoms with Crippen LogP contribution in [0.1, 0.15) is 28.9 Å². The van der Waals surface area contributed by atoms with E-state index >= 15 is 0 Å². The fourth-order valence-electron chi connectivity index (χ4n) is 1.99. The van der Waals surface area contributed by atoms with Gasteiger partial charge in [-0.1, -0.05) is 23.9 Å². The number of rotatable bonds is 6. The second-order valence-corrected chi connectivity index (χ2v) is 7.47. The number of benzene rings is 1. The highest BCUT2D eigenvalue weighted by atomic mass is 32.2. The lowest BCUT2D eigenvalue weighted by atomic mass is 10.1. The summed E-state index contributed by atoms with van der Waals surface area (Å²) in [4.78, 5) is 28.6. The molecule has 1 aromatic heterocycles. The topological polar surface area (TPSA) is 71.1 Å². The minimum atomic E-state index is -0.144. The van der Waals surface area contributed by atoms with Gasteiger partial charge < -0.3 is 10.6 Å². The Balaban J connectivity index is 1.60. The maximum atomic E-state index is 12.2. The second kappa shape index (κ2) is 7.14. The summed E-state index contributed by atoms with van der Waals surface area (Å²) in [7, 11) is 0. The number of carbonyl (C=O) groups excluding carboxylic acids is 2. The Labute approximate surface area is 142 Å². The van der Waals surface area contributed by atoms with Crippen molar-refractivity contribution in [2.45, 2.75) is 30.1 Å². The number of hydrogen-bond acceptors (Lipinski definition) is 5. The fraction of sp³-hybridized carbons (Fsp3) is 0.312. The van der Waals surface area contributed by atoms with Crippen LogP contribution < -0.4 is 10.6 Å². The molecule has 3 rings (SSSR count). The average molecular weight is 347 g/mol. The molecule has 0 aliphatic heterocycles. The monoisotopic (exact) mass is 347 g/mol. The number of nitrogens with one attached hydrogen (secondary N) is 2. The molecular formula is C16H17N3O2S2. The predicted octanol–water partition coefficient (Wildman–Crippen LogP) is 3.07. The van der Waals surface area contributed by atoms with Crippen LogP contribution in [0.4, 0.5) is 5.69 Å². The second-order valence-electron chi connectivity index (χ2n) is 5.38. The number of anilines is 1. The summed E-state index contributed by atoms with van der Waals surface area (Å²) in [6, 6.07) is 7.36. The van der Waals surface area contributed by atoms with E-state index in [-0.39, 0.29) is 23.6 Å². The van der Waals surface area contributed by atoms with E-state index in [1.807, 2.05) is 12.3 Å². The third kappa shape index (κ3) is 4.56. The number of nitrogens with zero attached hydrogens (tertiary/aromatic N) is 1. The third-order valence-electron chi connectivity index (χ3n) is 3.28. The normalized spacial score (nSPS) is 13.6. The van der Waals surface area contributed by atoms with Gasteiger partial charge >= 0.3 is 0 Å². The molecule has 0 radical (unpaired) electrons. The van der Waals surface area contributed by atoms with Crippen LogP contribution >= 0.6 is 23.1 Å². The van der Waals surface area contributed by atoms with Crippen molar-refractivity contribution in [3.63, 3.8) is 0 Å². The standard InChI is InChI=1S/C16H17N3O2S2/c1-10-8-22-16(17-10)23-9-14(20)19-13-5-3-2-4-12(13)15(21)18-11-6-7-11/h2-5,8,11H,6-7,9H2,1H3,(H,18,21)(H,19,20). The number of aryl methyl sites for hydroxylation is 1. The van der Waals surface area contributed by atoms with Crippen LogP contribution in [0, 0.1) is 6.92 Å². The minimum Gasteiger partial charge on any atom is -0.349 e. The Hall–Kier alpha value is -1.86. The van der Waals surface area contributed by atoms with E-state index in [2.05, 4.69) is 15.6 Å². The van der Waals surface area contributed by atoms with E-state index in [0.717, 1.165) is 22.9 Å². The first-order chi connectivity index (χ1) is 11.1. The molecule has 23 heavy (non-hydrogen) atoms. The van der Waals surface area contributed by atoms with E-state index in [0.29, 0.717) is 11.3 Å². The molecule has 1 saturated carbocycles. The minimum absolute atomic E-state index is 0.133. The van der Waals surface area contributed by atoms with Gasteiger partial charge in [-0.15, -0.1) is 11.3 Å². The predicted molar refractivity (Wildman–Crippen MR) is 93.1 cm³/mol. The van der Waals surface area contributed by atoms with E-state index in [4.69, 9.17) is 0 Å². The summed E-state index contributed by atoms with van der Waals surface area (Å²) in [6.07, 6.45) is 2.06. The van der Waals surface area contributed by atoms with Gasteiger partial charge in [0.05, 0.1) is 17.0 Å². The van der Waals surface area contributed by atoms with Crippen molar-refractivity contribution in [2.75, 3.05) is 11.1 Å². The third-order valence-corrected chi connectivity index (χ3v) is 5.42. The van der Waals surface area contributed by atoms with Gasteiger partial charge in [-0.25, -0.2) is 4.98 Å². The molecule has 0 bridgehead atoms. The molecule has 0 unspecified atom stereocenters. The Kier molecular flexibility index (Phi) is 4.97. The van der Waals surface area contributed by atoms with Crippen LogP contribution in [0.5, 0.6) is 0 Å². The number of carbonyl (C=O) groups is 2. The Morgan fingerprint density at radius 2 is 2.13 bits per heavy atom. The first kappa shape index (κ1) is 16.0. The van der Waals surface area contributed by atoms with Gasteiger partial charge in [0, 0.05) is 17.1 Å². The van der Waals surface area contributed by atoms with Crippen molar-refractivity contribution in [3.8, 4) is 0 Å². The molecule has 2 amide bonds. The Morgan fingerprint density at radius 3 is 2.83 bits per heavy atom. The summed E-state index contributed by atoms with van der Waals surface area (Å²) < 4.78 is 0.873. The molecule has 0 saturated heterocycles. The lowest BCUT2D eigenvalue weighted by Crippen LogP contribution is -2.27. The highest BCUT2D eigenvalue weighted by molar-refractivity contribution is 8.01. The average Bonchev–Trinajstić information content (AvgIpc) is 3.25. The van der Waals surface area contributed by atoms with Crippen molar-refractivity contribution in [1.29, 1.82) is 0 Å². The molecular weight excluding hydrogens is 330 g/mol. The highest BCUT2D eigenvalue weighted by Crippen LogP contribution is 2.24. The van der Waals surface area contributed by atoms with E-state index in [1.54, 1.807) is 24.3 Å². The van der Waals surface area contributed by atoms with Gasteiger partial charge in [0.15, 0.2) is 4.34 Å². The molecule has 0 atom stereocenters. The number of thiazole rings is 1. The van der Waals surface area contributed by atoms with Crippen molar-refractivity contribution in [2.24, 2.45) is 0 Å². The molecule has 1 heterocycles. The maximum Gasteiger partial charge on any atom is 0.253 e. The number of amides is 2. The summed E-state index contributed by atoms with van der Waals surface area (Å²) in [5, 5.41) is 7.72. The van der Waals surface area contributed by atoms with E-state index in [9.17, 15) is 9.59 Å². The van der Waals surface area contributed by atoms with Gasteiger partial charge in [0.25, 0.3) is 5.91 Å². The van der Waals surface area contributed by atoms with Crippen LogP contribution in [0.3, 0.4) is 0 Å². The van der Waals surface area contributed by atoms with Gasteiger partial charge in [0.1, 0.15) is 0 Å². The number of para-hydroxylation sites is 1. The summed E-state index contributed by atoms with van der Waals surface area (Å²) in [6.45, 7) is 1.93. The lowest BCUT2D eigenvalue weighted by molar-refractivity contribution is -0.113. The van der Waals surface area contributed by atoms with Crippen LogP contribution in [0.2, 0.25) is 0 Å². The summed E-state index contributed by atoms with van der Waals surface area (Å²) >= 11 is 2.93. The van der Waals surface area contributed by atoms with Crippen molar-refractivity contribution >= 4 is 40.6 Å². The first-order valence-electron chi connectivity index (χ1n) is 7.36. The molecule has 2 aromatic rings. The van der Waals surface area contributed by atoms with Gasteiger partial charge in [-0.2, -0.15) is 0 Å². The van der Waals surface area contributed by atoms with E-state index in [1.165, 1.54) is 23.1 Å². The molecule has 1 aromatic carbocycles. The Bertz CT molecular complexity index is 726. The van der Waals surface area contributed by atoms with Gasteiger partial charge in [0.2, 0.25) is 5.91 Å². The number of thioether (sulfide) groups is 1. The molecule has 0 spiro atoms. The Morgan fingerprint density at radius 1 is 1.35 bits per heavy atom. The van der Waals surface area contributed by atoms with Crippen LogP contribution in [0.25, 0.3) is 0 Å². The summed E-state index contributed by atoms with van der Waals surface area (Å²) in [5.41, 5.74) is 2.01. The first-order valence-corrected chi connectivity index (χ1v) is 9.23. The van der Waals surface area contributed by atoms with E-state index < -0.39 is 0 Å². The molecule has 5 nitrogen and oxygen atoms in total. The van der Waals surface area contributed by atoms with Crippen molar-refractivity contribution < 1.29 is 9.59 Å². The molecule has 2 N–H and O–H groups in total. The zero-order chi connectivity index (χ0) is 16.2. The van der Waals surface area contributed by atoms with Crippen LogP contribution in [-0.4, -0.2) is 28.6 Å². The summed E-state index contributed by atoms with van der Waals surface area (Å²) in [5.74, 6) is -0.00736. The lowest BCUT2D eigenvalue weighted by Gasteiger charge is -2.10. The quantitative estimate of drug-likeness (QED) is 0.788. The zero-order valence-electron chi connectivity index (χ0n) is 12.7. The fourth-order valence-corrected chi connectivity index (χ4v) is 3.64. The molecule has 1 aliphatic rings. The van der Waals surface area contributed by atoms with Crippen molar-refractivity contribution in [3.05, 3.63) is 40.9 Å². The van der Waals surface area contributed by atoms with Crippen LogP contribution in [0.15, 0.2) is 34.0 Å². The largest absolute Gasteiger partial charge is 0.349 e.